The minimum Gasteiger partial charge on any atom is -0.496 e. The van der Waals surface area contributed by atoms with Gasteiger partial charge >= 0.3 is 0 Å². The molecule has 8 nitrogen and oxygen atoms in total. The van der Waals surface area contributed by atoms with E-state index in [1.165, 1.54) is 16.8 Å². The van der Waals surface area contributed by atoms with Crippen LogP contribution < -0.4 is 27.9 Å². The molecule has 2 bridgehead atoms. The van der Waals surface area contributed by atoms with Gasteiger partial charge in [0, 0.05) is 36.5 Å². The van der Waals surface area contributed by atoms with E-state index in [4.69, 9.17) is 32.8 Å². The van der Waals surface area contributed by atoms with E-state index < -0.39 is 16.0 Å². The molecule has 0 saturated heterocycles. The number of methoxy groups -OCH3 is 1. The summed E-state index contributed by atoms with van der Waals surface area (Å²) in [5.41, 5.74) is 3.64. The molecule has 0 radical (unpaired) electrons. The highest BCUT2D eigenvalue weighted by atomic mass is 35.7. The normalized spacial score (nSPS) is 21.5. The molecule has 0 fully saturated rings. The summed E-state index contributed by atoms with van der Waals surface area (Å²) in [7, 11) is -3.19. The van der Waals surface area contributed by atoms with Crippen LogP contribution in [0.4, 0.5) is 0 Å². The third-order valence-electron chi connectivity index (χ3n) is 6.98. The maximum atomic E-state index is 8.49. The molecule has 2 aromatic rings. The van der Waals surface area contributed by atoms with Crippen molar-refractivity contribution in [2.45, 2.75) is 58.3 Å². The Hall–Kier alpha value is -1.78. The molecule has 5 rings (SSSR count). The number of hydrogen-bond donors (Lipinski definition) is 0. The number of halogens is 1. The van der Waals surface area contributed by atoms with Gasteiger partial charge < -0.3 is 14.2 Å². The van der Waals surface area contributed by atoms with E-state index in [-0.39, 0.29) is 17.4 Å². The van der Waals surface area contributed by atoms with Gasteiger partial charge in [-0.15, -0.1) is 10.2 Å². The largest absolute Gasteiger partial charge is 0.496 e. The Morgan fingerprint density at radius 3 is 2.03 bits per heavy atom. The van der Waals surface area contributed by atoms with Crippen LogP contribution in [0.1, 0.15) is 69.3 Å². The third-order valence-corrected chi connectivity index (χ3v) is 6.98. The molecular formula is C24H32ClNO7. The molecule has 0 N–H and O–H groups in total. The van der Waals surface area contributed by atoms with Crippen LogP contribution in [0.5, 0.6) is 5.75 Å². The summed E-state index contributed by atoms with van der Waals surface area (Å²) in [6.45, 7) is 9.92. The van der Waals surface area contributed by atoms with Gasteiger partial charge in [0.05, 0.1) is 12.5 Å². The van der Waals surface area contributed by atoms with Gasteiger partial charge in [-0.05, 0) is 32.8 Å². The molecule has 182 valence electrons. The average Bonchev–Trinajstić information content (AvgIpc) is 2.78. The molecule has 3 heterocycles. The number of aromatic nitrogens is 1. The summed E-state index contributed by atoms with van der Waals surface area (Å²) in [5.74, 6) is 0.171. The fourth-order valence-corrected chi connectivity index (χ4v) is 6.01. The second-order valence-corrected chi connectivity index (χ2v) is 8.86. The summed E-state index contributed by atoms with van der Waals surface area (Å²) >= 11 is 0. The van der Waals surface area contributed by atoms with Gasteiger partial charge in [0.1, 0.15) is 11.7 Å². The molecule has 1 aromatic heterocycles. The zero-order chi connectivity index (χ0) is 24.4. The van der Waals surface area contributed by atoms with Crippen molar-refractivity contribution < 1.29 is 47.7 Å². The second-order valence-electron chi connectivity index (χ2n) is 8.11. The van der Waals surface area contributed by atoms with Crippen LogP contribution in [-0.4, -0.2) is 26.1 Å². The van der Waals surface area contributed by atoms with Crippen molar-refractivity contribution >= 4 is 0 Å². The lowest BCUT2D eigenvalue weighted by atomic mass is 9.53. The Kier molecular flexibility index (Phi) is 7.70. The van der Waals surface area contributed by atoms with Crippen LogP contribution >= 0.6 is 0 Å². The highest BCUT2D eigenvalue weighted by Gasteiger charge is 2.73. The van der Waals surface area contributed by atoms with Crippen molar-refractivity contribution in [1.29, 1.82) is 0 Å². The maximum Gasteiger partial charge on any atom is 0.197 e. The van der Waals surface area contributed by atoms with Crippen LogP contribution in [0.2, 0.25) is 0 Å². The van der Waals surface area contributed by atoms with Crippen LogP contribution in [-0.2, 0) is 9.47 Å². The van der Waals surface area contributed by atoms with Gasteiger partial charge in [0.25, 0.3) is 0 Å². The Morgan fingerprint density at radius 2 is 1.52 bits per heavy atom. The molecule has 2 aliphatic heterocycles. The zero-order valence-electron chi connectivity index (χ0n) is 19.7. The third kappa shape index (κ3) is 4.14. The maximum absolute atomic E-state index is 8.49. The van der Waals surface area contributed by atoms with Gasteiger partial charge in [-0.2, -0.15) is 4.57 Å². The predicted molar refractivity (Wildman–Crippen MR) is 109 cm³/mol. The predicted octanol–water partition coefficient (Wildman–Crippen LogP) is -0.149. The monoisotopic (exact) mass is 481 g/mol. The molecule has 0 amide bonds. The number of nitrogens with zero attached hydrogens (tertiary/aromatic N) is 1. The molecule has 1 aromatic carbocycles. The standard InChI is InChI=1S/C24H32NO3.ClHO4/c1-6-23(7-2)22-17-13-12-15-19(26-5)20(17)21(18-14-10-11-16-25(18)22)24(23,27-8-3)28-9-4;2-1(3,4)5/h10-16,21-22H,6-9H2,1-5H3;(H,2,3,4,5)/q+1;/p-1. The van der Waals surface area contributed by atoms with Gasteiger partial charge in [0.2, 0.25) is 0 Å². The highest BCUT2D eigenvalue weighted by Crippen LogP contribution is 2.66. The lowest BCUT2D eigenvalue weighted by molar-refractivity contribution is -2.00. The van der Waals surface area contributed by atoms with E-state index in [1.807, 2.05) is 0 Å². The van der Waals surface area contributed by atoms with Crippen LogP contribution in [0.25, 0.3) is 0 Å². The summed E-state index contributed by atoms with van der Waals surface area (Å²) in [6, 6.07) is 13.0. The van der Waals surface area contributed by atoms with E-state index in [0.717, 1.165) is 18.6 Å². The number of benzene rings is 1. The first kappa shape index (κ1) is 25.8. The van der Waals surface area contributed by atoms with E-state index in [1.54, 1.807) is 7.11 Å². The molecule has 1 aliphatic carbocycles. The van der Waals surface area contributed by atoms with Crippen LogP contribution in [0.3, 0.4) is 0 Å². The first-order chi connectivity index (χ1) is 15.7. The Bertz CT molecular complexity index is 946. The zero-order valence-corrected chi connectivity index (χ0v) is 20.5. The van der Waals surface area contributed by atoms with Gasteiger partial charge in [-0.3, -0.25) is 0 Å². The lowest BCUT2D eigenvalue weighted by Crippen LogP contribution is -2.73. The van der Waals surface area contributed by atoms with Crippen LogP contribution in [0.15, 0.2) is 42.6 Å². The Morgan fingerprint density at radius 1 is 0.909 bits per heavy atom. The summed E-state index contributed by atoms with van der Waals surface area (Å²) < 4.78 is 55.6. The highest BCUT2D eigenvalue weighted by molar-refractivity contribution is 5.53. The van der Waals surface area contributed by atoms with E-state index in [9.17, 15) is 0 Å². The fourth-order valence-electron chi connectivity index (χ4n) is 6.01. The summed E-state index contributed by atoms with van der Waals surface area (Å²) in [4.78, 5) is 0. The molecule has 2 atom stereocenters. The minimum absolute atomic E-state index is 0.0374. The van der Waals surface area contributed by atoms with E-state index in [2.05, 4.69) is 74.9 Å². The van der Waals surface area contributed by atoms with Gasteiger partial charge in [-0.25, -0.2) is 18.6 Å². The molecule has 0 saturated carbocycles. The number of rotatable bonds is 7. The van der Waals surface area contributed by atoms with Crippen molar-refractivity contribution in [3.05, 3.63) is 59.4 Å². The van der Waals surface area contributed by atoms with Crippen molar-refractivity contribution in [3.8, 4) is 5.75 Å². The number of hydrogen-bond acceptors (Lipinski definition) is 7. The first-order valence-electron chi connectivity index (χ1n) is 11.2. The SMILES string of the molecule is CCOC1(OCC)C2c3c(OC)cccc3C([n+]3ccccc32)C1(CC)CC.[O-][Cl+3]([O-])([O-])[O-]. The molecule has 9 heteroatoms. The lowest BCUT2D eigenvalue weighted by Gasteiger charge is -2.59. The van der Waals surface area contributed by atoms with E-state index >= 15 is 0 Å². The Balaban J connectivity index is 0.000000555. The van der Waals surface area contributed by atoms with E-state index in [0.29, 0.717) is 13.2 Å². The molecular weight excluding hydrogens is 450 g/mol. The number of ether oxygens (including phenoxy) is 3. The molecule has 0 spiro atoms. The quantitative estimate of drug-likeness (QED) is 0.398. The summed E-state index contributed by atoms with van der Waals surface area (Å²) in [5, 5.41) is 0. The molecule has 2 unspecified atom stereocenters. The number of fused-ring (bicyclic) bond motifs is 1. The minimum atomic E-state index is -4.94. The van der Waals surface area contributed by atoms with Crippen molar-refractivity contribution in [2.75, 3.05) is 20.3 Å². The molecule has 33 heavy (non-hydrogen) atoms. The number of pyridine rings is 1. The topological polar surface area (TPSA) is 124 Å². The second kappa shape index (κ2) is 9.84. The van der Waals surface area contributed by atoms with Crippen molar-refractivity contribution in [2.24, 2.45) is 5.41 Å². The van der Waals surface area contributed by atoms with Crippen LogP contribution in [0, 0.1) is 15.7 Å². The molecule has 3 aliphatic rings. The van der Waals surface area contributed by atoms with Gasteiger partial charge in [0.15, 0.2) is 23.7 Å². The van der Waals surface area contributed by atoms with Gasteiger partial charge in [-0.1, -0.05) is 32.0 Å². The summed E-state index contributed by atoms with van der Waals surface area (Å²) in [6.07, 6.45) is 4.17. The van der Waals surface area contributed by atoms with Crippen molar-refractivity contribution in [3.63, 3.8) is 0 Å². The Labute approximate surface area is 197 Å². The smallest absolute Gasteiger partial charge is 0.197 e. The average molecular weight is 482 g/mol. The fraction of sp³-hybridized carbons (Fsp3) is 0.542. The first-order valence-corrected chi connectivity index (χ1v) is 12.5. The van der Waals surface area contributed by atoms with Crippen molar-refractivity contribution in [1.82, 2.24) is 0 Å².